The minimum Gasteiger partial charge on any atom is -0.508 e. The standard InChI is InChI=1S/C16H19NO/c1-11-8-9-12(2)15(10-11)17-13(3)14-6-4-5-7-16(14)18/h4-10,13,17-18H,1-3H3. The molecule has 0 aliphatic heterocycles. The summed E-state index contributed by atoms with van der Waals surface area (Å²) in [5, 5.41) is 13.3. The van der Waals surface area contributed by atoms with Crippen molar-refractivity contribution in [2.75, 3.05) is 5.32 Å². The van der Waals surface area contributed by atoms with Crippen molar-refractivity contribution in [3.05, 3.63) is 59.2 Å². The van der Waals surface area contributed by atoms with Crippen molar-refractivity contribution in [1.82, 2.24) is 0 Å². The Kier molecular flexibility index (Phi) is 3.56. The van der Waals surface area contributed by atoms with Crippen LogP contribution in [0.2, 0.25) is 0 Å². The Morgan fingerprint density at radius 1 is 1.06 bits per heavy atom. The summed E-state index contributed by atoms with van der Waals surface area (Å²) in [6, 6.07) is 13.9. The Morgan fingerprint density at radius 3 is 2.50 bits per heavy atom. The fourth-order valence-electron chi connectivity index (χ4n) is 2.06. The monoisotopic (exact) mass is 241 g/mol. The van der Waals surface area contributed by atoms with Crippen LogP contribution >= 0.6 is 0 Å². The predicted octanol–water partition coefficient (Wildman–Crippen LogP) is 4.18. The smallest absolute Gasteiger partial charge is 0.120 e. The third-order valence-corrected chi connectivity index (χ3v) is 3.17. The predicted molar refractivity (Wildman–Crippen MR) is 76.1 cm³/mol. The molecule has 0 saturated carbocycles. The maximum atomic E-state index is 9.84. The fraction of sp³-hybridized carbons (Fsp3) is 0.250. The van der Waals surface area contributed by atoms with Gasteiger partial charge in [-0.15, -0.1) is 0 Å². The molecule has 0 aromatic heterocycles. The van der Waals surface area contributed by atoms with Gasteiger partial charge in [-0.1, -0.05) is 30.3 Å². The second-order valence-electron chi connectivity index (χ2n) is 4.74. The van der Waals surface area contributed by atoms with Gasteiger partial charge in [0.25, 0.3) is 0 Å². The molecular weight excluding hydrogens is 222 g/mol. The van der Waals surface area contributed by atoms with Crippen LogP contribution in [-0.4, -0.2) is 5.11 Å². The minimum atomic E-state index is 0.0756. The van der Waals surface area contributed by atoms with Crippen LogP contribution in [0.4, 0.5) is 5.69 Å². The van der Waals surface area contributed by atoms with Crippen LogP contribution in [0.25, 0.3) is 0 Å². The summed E-state index contributed by atoms with van der Waals surface area (Å²) >= 11 is 0. The average Bonchev–Trinajstić information content (AvgIpc) is 2.34. The van der Waals surface area contributed by atoms with E-state index in [-0.39, 0.29) is 6.04 Å². The van der Waals surface area contributed by atoms with Crippen LogP contribution in [-0.2, 0) is 0 Å². The van der Waals surface area contributed by atoms with E-state index in [4.69, 9.17) is 0 Å². The molecule has 0 bridgehead atoms. The lowest BCUT2D eigenvalue weighted by atomic mass is 10.1. The second-order valence-corrected chi connectivity index (χ2v) is 4.74. The van der Waals surface area contributed by atoms with E-state index in [1.165, 1.54) is 11.1 Å². The van der Waals surface area contributed by atoms with Crippen LogP contribution in [0.15, 0.2) is 42.5 Å². The molecule has 0 radical (unpaired) electrons. The second kappa shape index (κ2) is 5.13. The summed E-state index contributed by atoms with van der Waals surface area (Å²) in [5.74, 6) is 0.336. The molecule has 2 aromatic carbocycles. The Bertz CT molecular complexity index is 549. The van der Waals surface area contributed by atoms with E-state index in [0.29, 0.717) is 5.75 Å². The number of anilines is 1. The van der Waals surface area contributed by atoms with Gasteiger partial charge in [-0.3, -0.25) is 0 Å². The molecule has 2 rings (SSSR count). The first-order valence-electron chi connectivity index (χ1n) is 6.19. The Labute approximate surface area is 108 Å². The first-order valence-corrected chi connectivity index (χ1v) is 6.19. The molecule has 1 unspecified atom stereocenters. The van der Waals surface area contributed by atoms with E-state index in [1.807, 2.05) is 18.2 Å². The SMILES string of the molecule is Cc1ccc(C)c(NC(C)c2ccccc2O)c1. The molecule has 0 aliphatic rings. The van der Waals surface area contributed by atoms with Crippen molar-refractivity contribution < 1.29 is 5.11 Å². The van der Waals surface area contributed by atoms with Crippen molar-refractivity contribution in [2.45, 2.75) is 26.8 Å². The maximum Gasteiger partial charge on any atom is 0.120 e. The average molecular weight is 241 g/mol. The quantitative estimate of drug-likeness (QED) is 0.844. The molecule has 2 aromatic rings. The minimum absolute atomic E-state index is 0.0756. The van der Waals surface area contributed by atoms with Gasteiger partial charge in [0.05, 0.1) is 6.04 Å². The van der Waals surface area contributed by atoms with Gasteiger partial charge < -0.3 is 10.4 Å². The highest BCUT2D eigenvalue weighted by Crippen LogP contribution is 2.28. The molecule has 1 atom stereocenters. The first-order chi connectivity index (χ1) is 8.58. The van der Waals surface area contributed by atoms with Gasteiger partial charge in [0.2, 0.25) is 0 Å². The number of nitrogens with one attached hydrogen (secondary N) is 1. The Morgan fingerprint density at radius 2 is 1.78 bits per heavy atom. The van der Waals surface area contributed by atoms with Gasteiger partial charge in [-0.05, 0) is 44.0 Å². The number of rotatable bonds is 3. The molecule has 0 spiro atoms. The zero-order valence-corrected chi connectivity index (χ0v) is 11.1. The molecule has 0 fully saturated rings. The van der Waals surface area contributed by atoms with Gasteiger partial charge >= 0.3 is 0 Å². The number of benzene rings is 2. The van der Waals surface area contributed by atoms with Gasteiger partial charge in [0.15, 0.2) is 0 Å². The Hall–Kier alpha value is -1.96. The number of aryl methyl sites for hydroxylation is 2. The van der Waals surface area contributed by atoms with Crippen molar-refractivity contribution in [3.63, 3.8) is 0 Å². The largest absolute Gasteiger partial charge is 0.508 e. The molecule has 18 heavy (non-hydrogen) atoms. The highest BCUT2D eigenvalue weighted by atomic mass is 16.3. The van der Waals surface area contributed by atoms with Crippen LogP contribution in [0.1, 0.15) is 29.7 Å². The lowest BCUT2D eigenvalue weighted by Gasteiger charge is -2.18. The van der Waals surface area contributed by atoms with Gasteiger partial charge in [0.1, 0.15) is 5.75 Å². The van der Waals surface area contributed by atoms with E-state index in [2.05, 4.69) is 44.3 Å². The topological polar surface area (TPSA) is 32.3 Å². The zero-order valence-electron chi connectivity index (χ0n) is 11.1. The van der Waals surface area contributed by atoms with Gasteiger partial charge in [0, 0.05) is 11.3 Å². The molecular formula is C16H19NO. The van der Waals surface area contributed by atoms with Crippen molar-refractivity contribution in [2.24, 2.45) is 0 Å². The van der Waals surface area contributed by atoms with Crippen molar-refractivity contribution >= 4 is 5.69 Å². The van der Waals surface area contributed by atoms with Gasteiger partial charge in [-0.25, -0.2) is 0 Å². The molecule has 2 nitrogen and oxygen atoms in total. The van der Waals surface area contributed by atoms with Crippen molar-refractivity contribution in [1.29, 1.82) is 0 Å². The summed E-state index contributed by atoms with van der Waals surface area (Å²) in [6.07, 6.45) is 0. The summed E-state index contributed by atoms with van der Waals surface area (Å²) in [7, 11) is 0. The number of para-hydroxylation sites is 1. The zero-order chi connectivity index (χ0) is 13.1. The van der Waals surface area contributed by atoms with E-state index >= 15 is 0 Å². The van der Waals surface area contributed by atoms with Crippen LogP contribution in [0.3, 0.4) is 0 Å². The van der Waals surface area contributed by atoms with Gasteiger partial charge in [-0.2, -0.15) is 0 Å². The lowest BCUT2D eigenvalue weighted by Crippen LogP contribution is -2.08. The highest BCUT2D eigenvalue weighted by Gasteiger charge is 2.10. The molecule has 0 heterocycles. The van der Waals surface area contributed by atoms with Crippen molar-refractivity contribution in [3.8, 4) is 5.75 Å². The third kappa shape index (κ3) is 2.65. The highest BCUT2D eigenvalue weighted by molar-refractivity contribution is 5.54. The first kappa shape index (κ1) is 12.5. The molecule has 0 amide bonds. The molecule has 0 saturated heterocycles. The number of aromatic hydroxyl groups is 1. The molecule has 2 N–H and O–H groups in total. The molecule has 2 heteroatoms. The number of hydrogen-bond acceptors (Lipinski definition) is 2. The number of phenols is 1. The maximum absolute atomic E-state index is 9.84. The number of phenolic OH excluding ortho intramolecular Hbond substituents is 1. The van der Waals surface area contributed by atoms with E-state index in [1.54, 1.807) is 6.07 Å². The van der Waals surface area contributed by atoms with Crippen LogP contribution in [0.5, 0.6) is 5.75 Å². The third-order valence-electron chi connectivity index (χ3n) is 3.17. The summed E-state index contributed by atoms with van der Waals surface area (Å²) < 4.78 is 0. The fourth-order valence-corrected chi connectivity index (χ4v) is 2.06. The van der Waals surface area contributed by atoms with Crippen LogP contribution < -0.4 is 5.32 Å². The normalized spacial score (nSPS) is 12.2. The summed E-state index contributed by atoms with van der Waals surface area (Å²) in [6.45, 7) is 6.21. The lowest BCUT2D eigenvalue weighted by molar-refractivity contribution is 0.465. The Balaban J connectivity index is 2.24. The van der Waals surface area contributed by atoms with E-state index in [9.17, 15) is 5.11 Å². The van der Waals surface area contributed by atoms with E-state index < -0.39 is 0 Å². The summed E-state index contributed by atoms with van der Waals surface area (Å²) in [4.78, 5) is 0. The van der Waals surface area contributed by atoms with E-state index in [0.717, 1.165) is 11.3 Å². The summed E-state index contributed by atoms with van der Waals surface area (Å²) in [5.41, 5.74) is 4.47. The number of hydrogen-bond donors (Lipinski definition) is 2. The molecule has 94 valence electrons. The van der Waals surface area contributed by atoms with Crippen LogP contribution in [0, 0.1) is 13.8 Å². The molecule has 0 aliphatic carbocycles.